The van der Waals surface area contributed by atoms with Gasteiger partial charge in [-0.2, -0.15) is 5.26 Å². The quantitative estimate of drug-likeness (QED) is 0.555. The number of amides is 1. The Morgan fingerprint density at radius 2 is 2.00 bits per heavy atom. The van der Waals surface area contributed by atoms with Crippen LogP contribution in [-0.4, -0.2) is 18.5 Å². The fourth-order valence-corrected chi connectivity index (χ4v) is 4.72. The predicted octanol–water partition coefficient (Wildman–Crippen LogP) is 4.99. The van der Waals surface area contributed by atoms with E-state index in [1.807, 2.05) is 0 Å². The number of carbonyl (C=O) groups is 2. The van der Waals surface area contributed by atoms with Crippen LogP contribution >= 0.6 is 34.5 Å². The van der Waals surface area contributed by atoms with E-state index in [0.29, 0.717) is 15.6 Å². The second kappa shape index (κ2) is 8.75. The van der Waals surface area contributed by atoms with Crippen LogP contribution in [0.1, 0.15) is 45.6 Å². The van der Waals surface area contributed by atoms with Gasteiger partial charge in [0, 0.05) is 9.90 Å². The third-order valence-corrected chi connectivity index (χ3v) is 6.03. The molecule has 0 unspecified atom stereocenters. The number of fused-ring (bicyclic) bond motifs is 1. The summed E-state index contributed by atoms with van der Waals surface area (Å²) < 4.78 is 5.02. The van der Waals surface area contributed by atoms with Gasteiger partial charge in [0.1, 0.15) is 11.1 Å². The molecule has 0 spiro atoms. The Bertz CT molecular complexity index is 934. The number of anilines is 1. The highest BCUT2D eigenvalue weighted by Crippen LogP contribution is 2.36. The van der Waals surface area contributed by atoms with Crippen molar-refractivity contribution in [2.45, 2.75) is 32.1 Å². The summed E-state index contributed by atoms with van der Waals surface area (Å²) in [5, 5.41) is 13.3. The molecule has 0 saturated heterocycles. The number of nitriles is 1. The smallest absolute Gasteiger partial charge is 0.340 e. The number of carbonyl (C=O) groups excluding carboxylic acids is 2. The molecular formula is C19H16Cl2N2O3S. The molecule has 0 bridgehead atoms. The number of hydrogen-bond acceptors (Lipinski definition) is 5. The van der Waals surface area contributed by atoms with Gasteiger partial charge in [0.05, 0.1) is 16.1 Å². The molecule has 2 aromatic rings. The van der Waals surface area contributed by atoms with Crippen LogP contribution in [0.15, 0.2) is 18.2 Å². The molecule has 1 amide bonds. The van der Waals surface area contributed by atoms with Crippen molar-refractivity contribution in [3.8, 4) is 6.07 Å². The van der Waals surface area contributed by atoms with Crippen LogP contribution in [0.4, 0.5) is 5.00 Å². The van der Waals surface area contributed by atoms with Crippen molar-refractivity contribution < 1.29 is 14.3 Å². The van der Waals surface area contributed by atoms with Crippen molar-refractivity contribution in [2.24, 2.45) is 0 Å². The van der Waals surface area contributed by atoms with Crippen LogP contribution in [0.25, 0.3) is 0 Å². The Kier molecular flexibility index (Phi) is 6.38. The number of halogens is 2. The monoisotopic (exact) mass is 422 g/mol. The average molecular weight is 423 g/mol. The first-order chi connectivity index (χ1) is 13.0. The Hall–Kier alpha value is -2.07. The summed E-state index contributed by atoms with van der Waals surface area (Å²) in [6.07, 6.45) is 5.07. The number of aryl methyl sites for hydroxylation is 1. The zero-order chi connectivity index (χ0) is 19.4. The van der Waals surface area contributed by atoms with Gasteiger partial charge in [-0.3, -0.25) is 4.79 Å². The van der Waals surface area contributed by atoms with E-state index in [0.717, 1.165) is 42.5 Å². The number of benzene rings is 1. The second-order valence-electron chi connectivity index (χ2n) is 6.13. The highest BCUT2D eigenvalue weighted by molar-refractivity contribution is 7.16. The number of ether oxygens (including phenoxy) is 1. The maximum absolute atomic E-state index is 12.2. The molecular weight excluding hydrogens is 407 g/mol. The summed E-state index contributed by atoms with van der Waals surface area (Å²) in [5.74, 6) is -1.21. The normalized spacial score (nSPS) is 13.2. The van der Waals surface area contributed by atoms with E-state index >= 15 is 0 Å². The number of nitrogens with zero attached hydrogens (tertiary/aromatic N) is 1. The fraction of sp³-hybridized carbons (Fsp3) is 0.316. The summed E-state index contributed by atoms with van der Waals surface area (Å²) in [4.78, 5) is 25.4. The van der Waals surface area contributed by atoms with Crippen molar-refractivity contribution in [1.29, 1.82) is 5.26 Å². The van der Waals surface area contributed by atoms with E-state index in [1.54, 1.807) is 0 Å². The van der Waals surface area contributed by atoms with Gasteiger partial charge < -0.3 is 10.1 Å². The first-order valence-corrected chi connectivity index (χ1v) is 10.0. The average Bonchev–Trinajstić information content (AvgIpc) is 2.79. The van der Waals surface area contributed by atoms with Gasteiger partial charge in [0.2, 0.25) is 0 Å². The molecule has 140 valence electrons. The third kappa shape index (κ3) is 4.62. The van der Waals surface area contributed by atoms with Gasteiger partial charge in [0.15, 0.2) is 6.61 Å². The van der Waals surface area contributed by atoms with Crippen molar-refractivity contribution in [3.63, 3.8) is 0 Å². The molecule has 0 saturated carbocycles. The molecule has 0 radical (unpaired) electrons. The van der Waals surface area contributed by atoms with Gasteiger partial charge in [-0.05, 0) is 49.4 Å². The van der Waals surface area contributed by atoms with Gasteiger partial charge in [0.25, 0.3) is 5.91 Å². The Morgan fingerprint density at radius 1 is 1.22 bits per heavy atom. The Balaban J connectivity index is 1.64. The maximum atomic E-state index is 12.2. The molecule has 5 nitrogen and oxygen atoms in total. The minimum absolute atomic E-state index is 0.134. The summed E-state index contributed by atoms with van der Waals surface area (Å²) in [7, 11) is 0. The molecule has 1 aliphatic carbocycles. The number of hydrogen-bond donors (Lipinski definition) is 1. The van der Waals surface area contributed by atoms with Crippen molar-refractivity contribution in [1.82, 2.24) is 0 Å². The minimum atomic E-state index is -0.714. The lowest BCUT2D eigenvalue weighted by molar-refractivity contribution is -0.119. The van der Waals surface area contributed by atoms with Gasteiger partial charge in [-0.1, -0.05) is 29.6 Å². The fourth-order valence-electron chi connectivity index (χ4n) is 2.98. The first kappa shape index (κ1) is 19.7. The van der Waals surface area contributed by atoms with Crippen LogP contribution in [0.2, 0.25) is 10.0 Å². The SMILES string of the molecule is N#Cc1c(NC(=O)COC(=O)c2ccc(Cl)cc2Cl)sc2c1CCCCC2. The standard InChI is InChI=1S/C19H16Cl2N2O3S/c20-11-6-7-13(15(21)8-11)19(25)26-10-17(24)23-18-14(9-22)12-4-2-1-3-5-16(12)27-18/h6-8H,1-5,10H2,(H,23,24). The second-order valence-corrected chi connectivity index (χ2v) is 8.08. The summed E-state index contributed by atoms with van der Waals surface area (Å²) in [6, 6.07) is 6.58. The van der Waals surface area contributed by atoms with Gasteiger partial charge in [-0.25, -0.2) is 4.79 Å². The van der Waals surface area contributed by atoms with Crippen LogP contribution in [0.3, 0.4) is 0 Å². The van der Waals surface area contributed by atoms with Crippen molar-refractivity contribution in [2.75, 3.05) is 11.9 Å². The first-order valence-electron chi connectivity index (χ1n) is 8.46. The predicted molar refractivity (Wildman–Crippen MR) is 106 cm³/mol. The Labute approximate surface area is 170 Å². The summed E-state index contributed by atoms with van der Waals surface area (Å²) in [5.41, 5.74) is 1.70. The molecule has 27 heavy (non-hydrogen) atoms. The topological polar surface area (TPSA) is 79.2 Å². The summed E-state index contributed by atoms with van der Waals surface area (Å²) in [6.45, 7) is -0.467. The van der Waals surface area contributed by atoms with Crippen LogP contribution in [0.5, 0.6) is 0 Å². The van der Waals surface area contributed by atoms with Gasteiger partial charge >= 0.3 is 5.97 Å². The highest BCUT2D eigenvalue weighted by Gasteiger charge is 2.21. The highest BCUT2D eigenvalue weighted by atomic mass is 35.5. The van der Waals surface area contributed by atoms with Crippen LogP contribution in [0, 0.1) is 11.3 Å². The number of rotatable bonds is 4. The maximum Gasteiger partial charge on any atom is 0.340 e. The Morgan fingerprint density at radius 3 is 2.74 bits per heavy atom. The zero-order valence-electron chi connectivity index (χ0n) is 14.3. The van der Waals surface area contributed by atoms with E-state index in [1.165, 1.54) is 29.5 Å². The molecule has 1 aromatic carbocycles. The lowest BCUT2D eigenvalue weighted by Gasteiger charge is -2.07. The van der Waals surface area contributed by atoms with E-state index in [-0.39, 0.29) is 10.6 Å². The molecule has 3 rings (SSSR count). The van der Waals surface area contributed by atoms with Crippen LogP contribution < -0.4 is 5.32 Å². The van der Waals surface area contributed by atoms with E-state index in [9.17, 15) is 14.9 Å². The van der Waals surface area contributed by atoms with Crippen LogP contribution in [-0.2, 0) is 22.4 Å². The molecule has 0 aliphatic heterocycles. The third-order valence-electron chi connectivity index (χ3n) is 4.27. The van der Waals surface area contributed by atoms with Gasteiger partial charge in [-0.15, -0.1) is 11.3 Å². The molecule has 0 atom stereocenters. The number of esters is 1. The molecule has 0 fully saturated rings. The van der Waals surface area contributed by atoms with E-state index < -0.39 is 18.5 Å². The number of thiophene rings is 1. The lowest BCUT2D eigenvalue weighted by atomic mass is 10.1. The summed E-state index contributed by atoms with van der Waals surface area (Å²) >= 11 is 13.2. The number of nitrogens with one attached hydrogen (secondary N) is 1. The minimum Gasteiger partial charge on any atom is -0.452 e. The molecule has 1 aromatic heterocycles. The van der Waals surface area contributed by atoms with E-state index in [4.69, 9.17) is 27.9 Å². The van der Waals surface area contributed by atoms with Crippen molar-refractivity contribution in [3.05, 3.63) is 49.8 Å². The zero-order valence-corrected chi connectivity index (χ0v) is 16.6. The largest absolute Gasteiger partial charge is 0.452 e. The molecule has 1 heterocycles. The van der Waals surface area contributed by atoms with E-state index in [2.05, 4.69) is 11.4 Å². The molecule has 1 aliphatic rings. The lowest BCUT2D eigenvalue weighted by Crippen LogP contribution is -2.21. The van der Waals surface area contributed by atoms with Crippen molar-refractivity contribution >= 4 is 51.4 Å². The molecule has 1 N–H and O–H groups in total. The molecule has 8 heteroatoms.